The summed E-state index contributed by atoms with van der Waals surface area (Å²) in [6.07, 6.45) is 2.52. The average molecular weight is 249 g/mol. The smallest absolute Gasteiger partial charge is 0.437 e. The van der Waals surface area contributed by atoms with Crippen molar-refractivity contribution in [2.24, 2.45) is 0 Å². The first-order valence-electron chi connectivity index (χ1n) is 5.91. The van der Waals surface area contributed by atoms with Crippen LogP contribution in [0.2, 0.25) is 0 Å². The van der Waals surface area contributed by atoms with Crippen LogP contribution in [0.5, 0.6) is 5.75 Å². The molecule has 2 rings (SSSR count). The molecule has 0 atom stereocenters. The van der Waals surface area contributed by atoms with Crippen LogP contribution in [0.4, 0.5) is 5.88 Å². The lowest BCUT2D eigenvalue weighted by Crippen LogP contribution is -1.91. The Kier molecular flexibility index (Phi) is 3.50. The Bertz CT molecular complexity index is 574. The number of nitro groups is 1. The van der Waals surface area contributed by atoms with E-state index in [-0.39, 0.29) is 5.88 Å². The van der Waals surface area contributed by atoms with Crippen LogP contribution >= 0.6 is 0 Å². The highest BCUT2D eigenvalue weighted by Crippen LogP contribution is 2.37. The van der Waals surface area contributed by atoms with Crippen LogP contribution in [-0.4, -0.2) is 12.0 Å². The van der Waals surface area contributed by atoms with E-state index < -0.39 is 4.92 Å². The summed E-state index contributed by atoms with van der Waals surface area (Å²) in [5, 5.41) is 11.8. The van der Waals surface area contributed by atoms with Crippen molar-refractivity contribution in [2.75, 3.05) is 7.11 Å². The van der Waals surface area contributed by atoms with Gasteiger partial charge >= 0.3 is 5.88 Å². The quantitative estimate of drug-likeness (QED) is 0.598. The van der Waals surface area contributed by atoms with Gasteiger partial charge in [0.25, 0.3) is 0 Å². The molecule has 1 aromatic heterocycles. The predicted octanol–water partition coefficient (Wildman–Crippen LogP) is 3.69. The number of furan rings is 1. The predicted molar refractivity (Wildman–Crippen MR) is 68.0 cm³/mol. The molecule has 5 heteroatoms. The van der Waals surface area contributed by atoms with Crippen LogP contribution in [-0.2, 0) is 6.42 Å². The van der Waals surface area contributed by atoms with E-state index in [0.717, 1.165) is 18.2 Å². The number of fused-ring (bicyclic) bond motifs is 1. The van der Waals surface area contributed by atoms with Crippen molar-refractivity contribution in [3.63, 3.8) is 0 Å². The van der Waals surface area contributed by atoms with Crippen molar-refractivity contribution in [1.82, 2.24) is 0 Å². The normalized spacial score (nSPS) is 10.8. The highest BCUT2D eigenvalue weighted by molar-refractivity contribution is 5.89. The fraction of sp³-hybridized carbons (Fsp3) is 0.385. The first-order valence-corrected chi connectivity index (χ1v) is 5.91. The number of hydrogen-bond acceptors (Lipinski definition) is 4. The van der Waals surface area contributed by atoms with Crippen molar-refractivity contribution < 1.29 is 14.1 Å². The fourth-order valence-corrected chi connectivity index (χ4v) is 2.04. The molecule has 0 radical (unpaired) electrons. The fourth-order valence-electron chi connectivity index (χ4n) is 2.04. The molecule has 0 aliphatic heterocycles. The highest BCUT2D eigenvalue weighted by Gasteiger charge is 2.24. The second-order valence-electron chi connectivity index (χ2n) is 4.08. The zero-order valence-electron chi connectivity index (χ0n) is 10.4. The lowest BCUT2D eigenvalue weighted by Gasteiger charge is -1.99. The minimum atomic E-state index is -0.468. The molecule has 0 N–H and O–H groups in total. The summed E-state index contributed by atoms with van der Waals surface area (Å²) in [7, 11) is 1.52. The van der Waals surface area contributed by atoms with Crippen molar-refractivity contribution in [3.8, 4) is 5.75 Å². The van der Waals surface area contributed by atoms with E-state index in [0.29, 0.717) is 23.3 Å². The minimum absolute atomic E-state index is 0.164. The number of nitrogens with zero attached hydrogens (tertiary/aromatic N) is 1. The molecule has 0 saturated carbocycles. The summed E-state index contributed by atoms with van der Waals surface area (Å²) < 4.78 is 10.5. The number of hydrogen-bond donors (Lipinski definition) is 0. The lowest BCUT2D eigenvalue weighted by atomic mass is 10.1. The van der Waals surface area contributed by atoms with Crippen LogP contribution in [0.3, 0.4) is 0 Å². The monoisotopic (exact) mass is 249 g/mol. The van der Waals surface area contributed by atoms with Gasteiger partial charge in [-0.2, -0.15) is 0 Å². The molecule has 0 fully saturated rings. The summed E-state index contributed by atoms with van der Waals surface area (Å²) in [6.45, 7) is 2.05. The van der Waals surface area contributed by atoms with Gasteiger partial charge in [0.15, 0.2) is 11.3 Å². The van der Waals surface area contributed by atoms with Gasteiger partial charge in [0.1, 0.15) is 4.92 Å². The van der Waals surface area contributed by atoms with E-state index in [1.54, 1.807) is 6.07 Å². The first kappa shape index (κ1) is 12.4. The third-order valence-corrected chi connectivity index (χ3v) is 2.93. The molecule has 0 spiro atoms. The molecule has 5 nitrogen and oxygen atoms in total. The maximum absolute atomic E-state index is 11.0. The average Bonchev–Trinajstić information content (AvgIpc) is 2.75. The topological polar surface area (TPSA) is 65.5 Å². The van der Waals surface area contributed by atoms with Gasteiger partial charge in [0, 0.05) is 5.39 Å². The Morgan fingerprint density at radius 3 is 2.83 bits per heavy atom. The Morgan fingerprint density at radius 2 is 2.22 bits per heavy atom. The summed E-state index contributed by atoms with van der Waals surface area (Å²) in [4.78, 5) is 10.6. The summed E-state index contributed by atoms with van der Waals surface area (Å²) >= 11 is 0. The minimum Gasteiger partial charge on any atom is -0.493 e. The van der Waals surface area contributed by atoms with E-state index in [2.05, 4.69) is 6.92 Å². The Labute approximate surface area is 104 Å². The van der Waals surface area contributed by atoms with Crippen LogP contribution in [0.15, 0.2) is 22.6 Å². The summed E-state index contributed by atoms with van der Waals surface area (Å²) in [6, 6.07) is 5.38. The first-order chi connectivity index (χ1) is 8.69. The van der Waals surface area contributed by atoms with Gasteiger partial charge in [-0.25, -0.2) is 0 Å². The maximum Gasteiger partial charge on any atom is 0.437 e. The molecule has 0 aliphatic rings. The van der Waals surface area contributed by atoms with Crippen molar-refractivity contribution >= 4 is 16.9 Å². The number of methoxy groups -OCH3 is 1. The van der Waals surface area contributed by atoms with Gasteiger partial charge in [0.2, 0.25) is 0 Å². The van der Waals surface area contributed by atoms with Crippen LogP contribution in [0.25, 0.3) is 11.0 Å². The van der Waals surface area contributed by atoms with Crippen molar-refractivity contribution in [2.45, 2.75) is 26.2 Å². The SMILES string of the molecule is CCCCc1c([N+](=O)[O-])oc2c(OC)cccc12. The van der Waals surface area contributed by atoms with Gasteiger partial charge in [0.05, 0.1) is 12.7 Å². The highest BCUT2D eigenvalue weighted by atomic mass is 16.6. The van der Waals surface area contributed by atoms with E-state index in [1.165, 1.54) is 7.11 Å². The summed E-state index contributed by atoms with van der Waals surface area (Å²) in [5.74, 6) is 0.362. The van der Waals surface area contributed by atoms with E-state index in [1.807, 2.05) is 12.1 Å². The van der Waals surface area contributed by atoms with Crippen LogP contribution in [0.1, 0.15) is 25.3 Å². The molecule has 18 heavy (non-hydrogen) atoms. The van der Waals surface area contributed by atoms with Gasteiger partial charge in [-0.05, 0) is 18.9 Å². The molecule has 0 aliphatic carbocycles. The lowest BCUT2D eigenvalue weighted by molar-refractivity contribution is -0.402. The number of rotatable bonds is 5. The van der Waals surface area contributed by atoms with E-state index in [4.69, 9.17) is 9.15 Å². The molecule has 1 aromatic carbocycles. The zero-order valence-corrected chi connectivity index (χ0v) is 10.4. The second-order valence-corrected chi connectivity index (χ2v) is 4.08. The third-order valence-electron chi connectivity index (χ3n) is 2.93. The van der Waals surface area contributed by atoms with Gasteiger partial charge in [-0.3, -0.25) is 10.1 Å². The number of ether oxygens (including phenoxy) is 1. The molecular formula is C13H15NO4. The van der Waals surface area contributed by atoms with E-state index >= 15 is 0 Å². The molecule has 0 saturated heterocycles. The maximum atomic E-state index is 11.0. The van der Waals surface area contributed by atoms with Crippen LogP contribution < -0.4 is 4.74 Å². The Hall–Kier alpha value is -2.04. The molecule has 2 aromatic rings. The second kappa shape index (κ2) is 5.08. The number of benzene rings is 1. The number of unbranched alkanes of at least 4 members (excludes halogenated alkanes) is 1. The molecule has 0 unspecified atom stereocenters. The Balaban J connectivity index is 2.63. The third kappa shape index (κ3) is 2.03. The largest absolute Gasteiger partial charge is 0.493 e. The molecule has 0 amide bonds. The van der Waals surface area contributed by atoms with Gasteiger partial charge in [-0.1, -0.05) is 25.5 Å². The van der Waals surface area contributed by atoms with Crippen LogP contribution in [0, 0.1) is 10.1 Å². The summed E-state index contributed by atoms with van der Waals surface area (Å²) in [5.41, 5.74) is 1.12. The van der Waals surface area contributed by atoms with E-state index in [9.17, 15) is 10.1 Å². The molecule has 96 valence electrons. The molecule has 0 bridgehead atoms. The zero-order chi connectivity index (χ0) is 13.1. The Morgan fingerprint density at radius 1 is 1.44 bits per heavy atom. The van der Waals surface area contributed by atoms with Gasteiger partial charge in [-0.15, -0.1) is 0 Å². The van der Waals surface area contributed by atoms with Crippen molar-refractivity contribution in [1.29, 1.82) is 0 Å². The molecule has 1 heterocycles. The standard InChI is InChI=1S/C13H15NO4/c1-3-4-6-10-9-7-5-8-11(17-2)12(9)18-13(10)14(15)16/h5,7-8H,3-4,6H2,1-2H3. The van der Waals surface area contributed by atoms with Gasteiger partial charge < -0.3 is 9.15 Å². The van der Waals surface area contributed by atoms with Crippen molar-refractivity contribution in [3.05, 3.63) is 33.9 Å². The number of aryl methyl sites for hydroxylation is 1. The number of para-hydroxylation sites is 1. The molecular weight excluding hydrogens is 234 g/mol.